The molecule has 0 saturated carbocycles. The summed E-state index contributed by atoms with van der Waals surface area (Å²) in [7, 11) is -3.10. The fraction of sp³-hybridized carbons (Fsp3) is 0.462. The number of rotatable bonds is 6. The first-order chi connectivity index (χ1) is 8.78. The molecule has 5 nitrogen and oxygen atoms in total. The van der Waals surface area contributed by atoms with Crippen LogP contribution in [0.4, 0.5) is 0 Å². The molecule has 1 atom stereocenters. The summed E-state index contributed by atoms with van der Waals surface area (Å²) in [6, 6.07) is 7.09. The van der Waals surface area contributed by atoms with E-state index in [4.69, 9.17) is 14.8 Å². The molecule has 0 saturated heterocycles. The number of benzene rings is 1. The van der Waals surface area contributed by atoms with Crippen molar-refractivity contribution >= 4 is 13.5 Å². The van der Waals surface area contributed by atoms with Gasteiger partial charge in [0, 0.05) is 13.1 Å². The number of aryl methyl sites for hydroxylation is 1. The molecule has 1 aromatic rings. The summed E-state index contributed by atoms with van der Waals surface area (Å²) in [6.07, 6.45) is 0.581. The Kier molecular flexibility index (Phi) is 5.58. The molecule has 6 heteroatoms. The molecule has 106 valence electrons. The highest BCUT2D eigenvalue weighted by molar-refractivity contribution is 7.56. The first kappa shape index (κ1) is 15.7. The predicted octanol–water partition coefficient (Wildman–Crippen LogP) is 2.73. The summed E-state index contributed by atoms with van der Waals surface area (Å²) < 4.78 is 21.8. The van der Waals surface area contributed by atoms with Gasteiger partial charge in [-0.1, -0.05) is 18.2 Å². The van der Waals surface area contributed by atoms with Crippen LogP contribution in [0.5, 0.6) is 5.75 Å². The lowest BCUT2D eigenvalue weighted by molar-refractivity contribution is -0.147. The summed E-state index contributed by atoms with van der Waals surface area (Å²) >= 11 is 0. The first-order valence-electron chi connectivity index (χ1n) is 6.11. The summed E-state index contributed by atoms with van der Waals surface area (Å²) in [5.74, 6) is 0.186. The summed E-state index contributed by atoms with van der Waals surface area (Å²) in [5, 5.41) is 0. The van der Waals surface area contributed by atoms with E-state index in [1.54, 1.807) is 26.0 Å². The van der Waals surface area contributed by atoms with Crippen LogP contribution in [0.15, 0.2) is 24.3 Å². The Hall–Kier alpha value is -1.32. The van der Waals surface area contributed by atoms with Gasteiger partial charge in [0.15, 0.2) is 0 Å². The lowest BCUT2D eigenvalue weighted by atomic mass is 10.1. The van der Waals surface area contributed by atoms with Gasteiger partial charge in [-0.2, -0.15) is 0 Å². The molecule has 0 spiro atoms. The van der Waals surface area contributed by atoms with Crippen LogP contribution in [-0.2, 0) is 20.5 Å². The smallest absolute Gasteiger partial charge is 0.311 e. The van der Waals surface area contributed by atoms with Crippen molar-refractivity contribution in [1.82, 2.24) is 0 Å². The number of esters is 1. The third-order valence-corrected chi connectivity index (χ3v) is 2.78. The van der Waals surface area contributed by atoms with E-state index in [1.807, 2.05) is 12.1 Å². The number of carbonyl (C=O) groups excluding carboxylic acids is 1. The highest BCUT2D eigenvalue weighted by Crippen LogP contribution is 2.36. The fourth-order valence-electron chi connectivity index (χ4n) is 1.55. The van der Waals surface area contributed by atoms with Crippen molar-refractivity contribution in [2.24, 2.45) is 5.50 Å². The van der Waals surface area contributed by atoms with Gasteiger partial charge in [0.1, 0.15) is 5.75 Å². The first-order valence-corrected chi connectivity index (χ1v) is 8.25. The second-order valence-electron chi connectivity index (χ2n) is 4.65. The van der Waals surface area contributed by atoms with Gasteiger partial charge < -0.3 is 9.26 Å². The average molecular weight is 285 g/mol. The molecule has 1 unspecified atom stereocenters. The van der Waals surface area contributed by atoms with Crippen molar-refractivity contribution in [1.29, 1.82) is 0 Å². The molecule has 1 rings (SSSR count). The summed E-state index contributed by atoms with van der Waals surface area (Å²) in [6.45, 7) is 4.95. The summed E-state index contributed by atoms with van der Waals surface area (Å²) in [4.78, 5) is 11.5. The SMILES string of the molecule is CC(C)OC(=O)CCc1ccccc1OP(C)(N)=O. The molecule has 2 N–H and O–H groups in total. The molecule has 1 aromatic carbocycles. The molecule has 0 bridgehead atoms. The molecule has 0 aromatic heterocycles. The number of para-hydroxylation sites is 1. The number of ether oxygens (including phenoxy) is 1. The standard InChI is InChI=1S/C13H20NO4P/c1-10(2)17-13(15)9-8-11-6-4-5-7-12(11)18-19(3,14)16/h4-7,10H,8-9H2,1-3H3,(H2,14,16). The predicted molar refractivity (Wildman–Crippen MR) is 74.3 cm³/mol. The van der Waals surface area contributed by atoms with Crippen LogP contribution in [-0.4, -0.2) is 18.7 Å². The van der Waals surface area contributed by atoms with E-state index >= 15 is 0 Å². The average Bonchev–Trinajstić information content (AvgIpc) is 2.25. The Morgan fingerprint density at radius 1 is 1.37 bits per heavy atom. The lowest BCUT2D eigenvalue weighted by Crippen LogP contribution is -2.12. The third-order valence-electron chi connectivity index (χ3n) is 2.22. The molecule has 0 aliphatic carbocycles. The largest absolute Gasteiger partial charge is 0.463 e. The van der Waals surface area contributed by atoms with Crippen molar-refractivity contribution < 1.29 is 18.6 Å². The normalized spacial score (nSPS) is 13.9. The van der Waals surface area contributed by atoms with Crippen molar-refractivity contribution in [2.45, 2.75) is 32.8 Å². The van der Waals surface area contributed by atoms with Crippen LogP contribution < -0.4 is 10.0 Å². The van der Waals surface area contributed by atoms with Gasteiger partial charge in [0.25, 0.3) is 0 Å². The van der Waals surface area contributed by atoms with Gasteiger partial charge in [-0.05, 0) is 31.9 Å². The maximum absolute atomic E-state index is 11.5. The van der Waals surface area contributed by atoms with Gasteiger partial charge in [-0.3, -0.25) is 9.36 Å². The molecule has 0 aliphatic rings. The van der Waals surface area contributed by atoms with E-state index in [0.29, 0.717) is 12.2 Å². The van der Waals surface area contributed by atoms with Gasteiger partial charge >= 0.3 is 13.5 Å². The van der Waals surface area contributed by atoms with Crippen LogP contribution in [0.2, 0.25) is 0 Å². The minimum Gasteiger partial charge on any atom is -0.463 e. The molecule has 0 aliphatic heterocycles. The third kappa shape index (κ3) is 6.41. The molecule has 0 heterocycles. The highest BCUT2D eigenvalue weighted by atomic mass is 31.2. The molecule has 0 amide bonds. The second-order valence-corrected chi connectivity index (χ2v) is 6.65. The quantitative estimate of drug-likeness (QED) is 0.642. The Morgan fingerprint density at radius 3 is 2.58 bits per heavy atom. The minimum atomic E-state index is -3.10. The molecule has 0 radical (unpaired) electrons. The minimum absolute atomic E-state index is 0.126. The number of nitrogens with two attached hydrogens (primary N) is 1. The van der Waals surface area contributed by atoms with Crippen molar-refractivity contribution in [3.63, 3.8) is 0 Å². The van der Waals surface area contributed by atoms with Gasteiger partial charge in [-0.15, -0.1) is 0 Å². The van der Waals surface area contributed by atoms with E-state index in [0.717, 1.165) is 5.56 Å². The number of hydrogen-bond acceptors (Lipinski definition) is 4. The molecular weight excluding hydrogens is 265 g/mol. The highest BCUT2D eigenvalue weighted by Gasteiger charge is 2.14. The molecule has 19 heavy (non-hydrogen) atoms. The zero-order chi connectivity index (χ0) is 14.5. The van der Waals surface area contributed by atoms with Crippen LogP contribution in [0.1, 0.15) is 25.8 Å². The Morgan fingerprint density at radius 2 is 2.00 bits per heavy atom. The maximum Gasteiger partial charge on any atom is 0.311 e. The number of hydrogen-bond donors (Lipinski definition) is 1. The maximum atomic E-state index is 11.5. The Bertz CT molecular complexity index is 481. The molecule has 0 fully saturated rings. The van der Waals surface area contributed by atoms with E-state index in [9.17, 15) is 9.36 Å². The second kappa shape index (κ2) is 6.73. The zero-order valence-electron chi connectivity index (χ0n) is 11.5. The van der Waals surface area contributed by atoms with Gasteiger partial charge in [-0.25, -0.2) is 5.50 Å². The number of carbonyl (C=O) groups is 1. The van der Waals surface area contributed by atoms with E-state index < -0.39 is 7.52 Å². The zero-order valence-corrected chi connectivity index (χ0v) is 12.4. The Balaban J connectivity index is 2.68. The van der Waals surface area contributed by atoms with Gasteiger partial charge in [0.05, 0.1) is 6.10 Å². The van der Waals surface area contributed by atoms with Crippen molar-refractivity contribution in [2.75, 3.05) is 6.66 Å². The van der Waals surface area contributed by atoms with Crippen LogP contribution in [0.3, 0.4) is 0 Å². The van der Waals surface area contributed by atoms with Crippen LogP contribution in [0.25, 0.3) is 0 Å². The summed E-state index contributed by atoms with van der Waals surface area (Å²) in [5.41, 5.74) is 6.19. The fourth-order valence-corrected chi connectivity index (χ4v) is 2.12. The van der Waals surface area contributed by atoms with Gasteiger partial charge in [0.2, 0.25) is 0 Å². The van der Waals surface area contributed by atoms with E-state index in [-0.39, 0.29) is 18.5 Å². The van der Waals surface area contributed by atoms with Crippen molar-refractivity contribution in [3.05, 3.63) is 29.8 Å². The molecular formula is C13H20NO4P. The monoisotopic (exact) mass is 285 g/mol. The van der Waals surface area contributed by atoms with E-state index in [1.165, 1.54) is 6.66 Å². The van der Waals surface area contributed by atoms with Crippen LogP contribution in [0, 0.1) is 0 Å². The Labute approximate surface area is 113 Å². The lowest BCUT2D eigenvalue weighted by Gasteiger charge is -2.14. The van der Waals surface area contributed by atoms with Crippen LogP contribution >= 0.6 is 7.52 Å². The van der Waals surface area contributed by atoms with E-state index in [2.05, 4.69) is 0 Å². The topological polar surface area (TPSA) is 78.6 Å². The van der Waals surface area contributed by atoms with Crippen molar-refractivity contribution in [3.8, 4) is 5.75 Å².